The average molecular weight is 257 g/mol. The highest BCUT2D eigenvalue weighted by Gasteiger charge is 2.34. The van der Waals surface area contributed by atoms with Gasteiger partial charge in [-0.25, -0.2) is 9.97 Å². The first-order chi connectivity index (χ1) is 8.39. The Hall–Kier alpha value is -2.10. The molecule has 1 rings (SSSR count). The van der Waals surface area contributed by atoms with Crippen LogP contribution in [0.2, 0.25) is 0 Å². The largest absolute Gasteiger partial charge is 0.451 e. The van der Waals surface area contributed by atoms with Crippen molar-refractivity contribution in [3.8, 4) is 11.8 Å². The Kier molecular flexibility index (Phi) is 4.66. The van der Waals surface area contributed by atoms with Gasteiger partial charge in [-0.05, 0) is 0 Å². The van der Waals surface area contributed by atoms with Crippen molar-refractivity contribution in [2.75, 3.05) is 6.54 Å². The van der Waals surface area contributed by atoms with Gasteiger partial charge in [-0.2, -0.15) is 13.2 Å². The summed E-state index contributed by atoms with van der Waals surface area (Å²) in [5.74, 6) is 3.95. The van der Waals surface area contributed by atoms with Gasteiger partial charge in [0, 0.05) is 32.3 Å². The van der Waals surface area contributed by atoms with E-state index in [1.165, 1.54) is 6.92 Å². The van der Waals surface area contributed by atoms with Gasteiger partial charge < -0.3 is 5.32 Å². The van der Waals surface area contributed by atoms with Gasteiger partial charge in [0.1, 0.15) is 0 Å². The van der Waals surface area contributed by atoms with Crippen LogP contribution in [0, 0.1) is 11.8 Å². The van der Waals surface area contributed by atoms with E-state index in [0.717, 1.165) is 12.4 Å². The van der Waals surface area contributed by atoms with Gasteiger partial charge in [-0.3, -0.25) is 4.79 Å². The summed E-state index contributed by atoms with van der Waals surface area (Å²) in [6.07, 6.45) is -2.11. The van der Waals surface area contributed by atoms with E-state index in [4.69, 9.17) is 0 Å². The number of carbonyl (C=O) groups excluding carboxylic acids is 1. The van der Waals surface area contributed by atoms with Gasteiger partial charge >= 0.3 is 6.18 Å². The first kappa shape index (κ1) is 14.0. The predicted molar refractivity (Wildman–Crippen MR) is 57.2 cm³/mol. The minimum Gasteiger partial charge on any atom is -0.355 e. The number of carbonyl (C=O) groups is 1. The van der Waals surface area contributed by atoms with Gasteiger partial charge in [-0.1, -0.05) is 11.8 Å². The highest BCUT2D eigenvalue weighted by molar-refractivity contribution is 5.72. The lowest BCUT2D eigenvalue weighted by atomic mass is 10.3. The fourth-order valence-corrected chi connectivity index (χ4v) is 1.00. The molecule has 0 aromatic carbocycles. The summed E-state index contributed by atoms with van der Waals surface area (Å²) in [5, 5.41) is 2.54. The molecule has 1 aromatic rings. The molecular weight excluding hydrogens is 247 g/mol. The molecule has 0 saturated carbocycles. The van der Waals surface area contributed by atoms with Crippen LogP contribution in [-0.2, 0) is 11.0 Å². The summed E-state index contributed by atoms with van der Waals surface area (Å²) in [5.41, 5.74) is 0.297. The van der Waals surface area contributed by atoms with Gasteiger partial charge in [-0.15, -0.1) is 0 Å². The average Bonchev–Trinajstić information content (AvgIpc) is 2.27. The standard InChI is InChI=1S/C11H10F3N3O/c1-8(18)15-5-3-2-4-9-6-16-10(17-7-9)11(12,13)14/h6-7H,3,5H2,1H3,(H,15,18). The summed E-state index contributed by atoms with van der Waals surface area (Å²) in [6.45, 7) is 1.78. The van der Waals surface area contributed by atoms with E-state index in [-0.39, 0.29) is 5.91 Å². The van der Waals surface area contributed by atoms with E-state index in [1.807, 2.05) is 0 Å². The lowest BCUT2D eigenvalue weighted by molar-refractivity contribution is -0.145. The zero-order chi connectivity index (χ0) is 13.6. The monoisotopic (exact) mass is 257 g/mol. The highest BCUT2D eigenvalue weighted by Crippen LogP contribution is 2.25. The molecule has 0 radical (unpaired) electrons. The Morgan fingerprint density at radius 3 is 2.50 bits per heavy atom. The molecule has 96 valence electrons. The van der Waals surface area contributed by atoms with Crippen LogP contribution in [0.5, 0.6) is 0 Å². The van der Waals surface area contributed by atoms with Gasteiger partial charge in [0.05, 0.1) is 5.56 Å². The third-order valence-electron chi connectivity index (χ3n) is 1.76. The highest BCUT2D eigenvalue weighted by atomic mass is 19.4. The zero-order valence-corrected chi connectivity index (χ0v) is 9.51. The molecule has 18 heavy (non-hydrogen) atoms. The molecule has 4 nitrogen and oxygen atoms in total. The molecule has 0 aliphatic carbocycles. The number of rotatable bonds is 2. The molecule has 0 unspecified atom stereocenters. The third kappa shape index (κ3) is 4.82. The Balaban J connectivity index is 2.54. The smallest absolute Gasteiger partial charge is 0.355 e. The van der Waals surface area contributed by atoms with Crippen LogP contribution in [0.15, 0.2) is 12.4 Å². The van der Waals surface area contributed by atoms with E-state index >= 15 is 0 Å². The first-order valence-electron chi connectivity index (χ1n) is 5.02. The van der Waals surface area contributed by atoms with E-state index < -0.39 is 12.0 Å². The van der Waals surface area contributed by atoms with Gasteiger partial charge in [0.15, 0.2) is 0 Å². The number of alkyl halides is 3. The number of amides is 1. The summed E-state index contributed by atoms with van der Waals surface area (Å²) in [4.78, 5) is 16.9. The Morgan fingerprint density at radius 2 is 2.00 bits per heavy atom. The minimum atomic E-state index is -4.54. The van der Waals surface area contributed by atoms with Crippen LogP contribution in [0.4, 0.5) is 13.2 Å². The van der Waals surface area contributed by atoms with Crippen molar-refractivity contribution in [1.82, 2.24) is 15.3 Å². The first-order valence-corrected chi connectivity index (χ1v) is 5.02. The predicted octanol–water partition coefficient (Wildman–Crippen LogP) is 1.37. The second-order valence-corrected chi connectivity index (χ2v) is 3.33. The molecule has 0 atom stereocenters. The fraction of sp³-hybridized carbons (Fsp3) is 0.364. The van der Waals surface area contributed by atoms with Crippen LogP contribution >= 0.6 is 0 Å². The second kappa shape index (κ2) is 6.00. The van der Waals surface area contributed by atoms with E-state index in [9.17, 15) is 18.0 Å². The second-order valence-electron chi connectivity index (χ2n) is 3.33. The van der Waals surface area contributed by atoms with Crippen molar-refractivity contribution >= 4 is 5.91 Å². The molecule has 1 amide bonds. The molecular formula is C11H10F3N3O. The Morgan fingerprint density at radius 1 is 1.39 bits per heavy atom. The van der Waals surface area contributed by atoms with Crippen LogP contribution in [-0.4, -0.2) is 22.4 Å². The van der Waals surface area contributed by atoms with Crippen LogP contribution in [0.25, 0.3) is 0 Å². The molecule has 0 spiro atoms. The number of hydrogen-bond donors (Lipinski definition) is 1. The molecule has 7 heteroatoms. The van der Waals surface area contributed by atoms with Crippen LogP contribution in [0.3, 0.4) is 0 Å². The third-order valence-corrected chi connectivity index (χ3v) is 1.76. The summed E-state index contributed by atoms with van der Waals surface area (Å²) < 4.78 is 36.4. The quantitative estimate of drug-likeness (QED) is 0.643. The molecule has 0 aliphatic rings. The molecule has 1 N–H and O–H groups in total. The Labute approximate surface area is 102 Å². The fourth-order valence-electron chi connectivity index (χ4n) is 1.00. The minimum absolute atomic E-state index is 0.158. The number of aromatic nitrogens is 2. The van der Waals surface area contributed by atoms with Gasteiger partial charge in [0.2, 0.25) is 11.7 Å². The number of nitrogens with one attached hydrogen (secondary N) is 1. The van der Waals surface area contributed by atoms with Gasteiger partial charge in [0.25, 0.3) is 0 Å². The normalized spacial score (nSPS) is 10.4. The lowest BCUT2D eigenvalue weighted by Crippen LogP contribution is -2.20. The number of hydrogen-bond acceptors (Lipinski definition) is 3. The maximum Gasteiger partial charge on any atom is 0.451 e. The van der Waals surface area contributed by atoms with E-state index in [2.05, 4.69) is 27.1 Å². The summed E-state index contributed by atoms with van der Waals surface area (Å²) in [6, 6.07) is 0. The van der Waals surface area contributed by atoms with Crippen molar-refractivity contribution in [2.24, 2.45) is 0 Å². The van der Waals surface area contributed by atoms with Crippen molar-refractivity contribution in [2.45, 2.75) is 19.5 Å². The molecule has 0 bridgehead atoms. The van der Waals surface area contributed by atoms with Crippen molar-refractivity contribution in [3.63, 3.8) is 0 Å². The van der Waals surface area contributed by atoms with E-state index in [0.29, 0.717) is 18.5 Å². The summed E-state index contributed by atoms with van der Waals surface area (Å²) >= 11 is 0. The van der Waals surface area contributed by atoms with Crippen LogP contribution < -0.4 is 5.32 Å². The Bertz CT molecular complexity index is 471. The number of halogens is 3. The molecule has 1 heterocycles. The van der Waals surface area contributed by atoms with Crippen molar-refractivity contribution < 1.29 is 18.0 Å². The lowest BCUT2D eigenvalue weighted by Gasteiger charge is -2.02. The zero-order valence-electron chi connectivity index (χ0n) is 9.51. The summed E-state index contributed by atoms with van der Waals surface area (Å²) in [7, 11) is 0. The molecule has 0 aliphatic heterocycles. The van der Waals surface area contributed by atoms with Crippen LogP contribution in [0.1, 0.15) is 24.7 Å². The van der Waals surface area contributed by atoms with Crippen molar-refractivity contribution in [3.05, 3.63) is 23.8 Å². The number of nitrogens with zero attached hydrogens (tertiary/aromatic N) is 2. The molecule has 1 aromatic heterocycles. The van der Waals surface area contributed by atoms with E-state index in [1.54, 1.807) is 0 Å². The SMILES string of the molecule is CC(=O)NCCC#Cc1cnc(C(F)(F)F)nc1. The topological polar surface area (TPSA) is 54.9 Å². The molecule has 0 fully saturated rings. The maximum absolute atomic E-state index is 12.1. The molecule has 0 saturated heterocycles. The maximum atomic E-state index is 12.1. The van der Waals surface area contributed by atoms with Crippen molar-refractivity contribution in [1.29, 1.82) is 0 Å².